The molecule has 0 atom stereocenters. The monoisotopic (exact) mass is 154 g/mol. The number of hydrazine groups is 2. The zero-order valence-corrected chi connectivity index (χ0v) is 5.99. The van der Waals surface area contributed by atoms with Gasteiger partial charge in [0.15, 0.2) is 5.82 Å². The minimum absolute atomic E-state index is 0.349. The zero-order valence-electron chi connectivity index (χ0n) is 5.99. The fraction of sp³-hybridized carbons (Fsp3) is 0.200. The van der Waals surface area contributed by atoms with Crippen molar-refractivity contribution in [2.45, 2.75) is 0 Å². The third kappa shape index (κ3) is 2.26. The second kappa shape index (κ2) is 3.57. The van der Waals surface area contributed by atoms with Gasteiger partial charge in [-0.15, -0.1) is 16.9 Å². The standard InChI is InChI=1S/C5H10N6/c1-2-3-7-11-8-4-5(6)9-10-11/h2,4,7-8H,1,3,6H2. The van der Waals surface area contributed by atoms with Gasteiger partial charge in [-0.25, -0.2) is 0 Å². The first-order chi connectivity index (χ1) is 5.33. The average Bonchev–Trinajstić information content (AvgIpc) is 2.04. The lowest BCUT2D eigenvalue weighted by Gasteiger charge is -2.19. The van der Waals surface area contributed by atoms with Crippen LogP contribution in [-0.4, -0.2) is 11.8 Å². The third-order valence-corrected chi connectivity index (χ3v) is 0.970. The lowest BCUT2D eigenvalue weighted by atomic mass is 10.7. The second-order valence-corrected chi connectivity index (χ2v) is 1.85. The maximum absolute atomic E-state index is 5.29. The molecule has 1 aliphatic rings. The Hall–Kier alpha value is -1.56. The van der Waals surface area contributed by atoms with Crippen molar-refractivity contribution in [1.29, 1.82) is 0 Å². The fourth-order valence-electron chi connectivity index (χ4n) is 0.507. The topological polar surface area (TPSA) is 78.0 Å². The third-order valence-electron chi connectivity index (χ3n) is 0.970. The molecule has 1 rings (SSSR count). The maximum Gasteiger partial charge on any atom is 0.165 e. The average molecular weight is 154 g/mol. The molecule has 1 heterocycles. The van der Waals surface area contributed by atoms with Gasteiger partial charge in [0.25, 0.3) is 0 Å². The Bertz CT molecular complexity index is 195. The van der Waals surface area contributed by atoms with Crippen LogP contribution in [0.5, 0.6) is 0 Å². The molecule has 0 aromatic heterocycles. The molecule has 11 heavy (non-hydrogen) atoms. The molecule has 0 aromatic carbocycles. The van der Waals surface area contributed by atoms with E-state index in [1.54, 1.807) is 6.08 Å². The van der Waals surface area contributed by atoms with E-state index in [1.807, 2.05) is 0 Å². The lowest BCUT2D eigenvalue weighted by Crippen LogP contribution is -2.43. The number of nitrogens with two attached hydrogens (primary N) is 1. The quantitative estimate of drug-likeness (QED) is 0.484. The molecular formula is C5H10N6. The molecule has 0 saturated heterocycles. The molecule has 6 heteroatoms. The Balaban J connectivity index is 2.31. The van der Waals surface area contributed by atoms with E-state index in [4.69, 9.17) is 5.73 Å². The fourth-order valence-corrected chi connectivity index (χ4v) is 0.507. The van der Waals surface area contributed by atoms with Gasteiger partial charge in [-0.3, -0.25) is 5.43 Å². The Kier molecular flexibility index (Phi) is 2.45. The molecule has 0 aromatic rings. The highest BCUT2D eigenvalue weighted by atomic mass is 15.9. The summed E-state index contributed by atoms with van der Waals surface area (Å²) in [5, 5.41) is 8.58. The van der Waals surface area contributed by atoms with Crippen molar-refractivity contribution in [3.8, 4) is 0 Å². The SMILES string of the molecule is C=CCNN1N=NC(N)=CN1. The Morgan fingerprint density at radius 2 is 2.73 bits per heavy atom. The molecule has 0 aliphatic carbocycles. The summed E-state index contributed by atoms with van der Waals surface area (Å²) in [6, 6.07) is 0. The van der Waals surface area contributed by atoms with E-state index < -0.39 is 0 Å². The molecule has 0 radical (unpaired) electrons. The first kappa shape index (κ1) is 7.55. The van der Waals surface area contributed by atoms with Gasteiger partial charge < -0.3 is 5.73 Å². The van der Waals surface area contributed by atoms with Gasteiger partial charge in [0.05, 0.1) is 6.20 Å². The summed E-state index contributed by atoms with van der Waals surface area (Å²) in [7, 11) is 0. The van der Waals surface area contributed by atoms with Gasteiger partial charge in [0.2, 0.25) is 0 Å². The van der Waals surface area contributed by atoms with Crippen LogP contribution in [0, 0.1) is 0 Å². The minimum Gasteiger partial charge on any atom is -0.381 e. The molecule has 4 N–H and O–H groups in total. The number of rotatable bonds is 3. The highest BCUT2D eigenvalue weighted by Crippen LogP contribution is 1.93. The van der Waals surface area contributed by atoms with Crippen molar-refractivity contribution in [2.24, 2.45) is 16.1 Å². The molecule has 1 aliphatic heterocycles. The number of nitrogens with one attached hydrogen (secondary N) is 2. The molecule has 0 bridgehead atoms. The number of hydrogen-bond donors (Lipinski definition) is 3. The Morgan fingerprint density at radius 1 is 1.91 bits per heavy atom. The Morgan fingerprint density at radius 3 is 3.27 bits per heavy atom. The zero-order chi connectivity index (χ0) is 8.10. The van der Waals surface area contributed by atoms with Crippen LogP contribution in [-0.2, 0) is 0 Å². The van der Waals surface area contributed by atoms with Crippen LogP contribution in [0.25, 0.3) is 0 Å². The molecule has 6 nitrogen and oxygen atoms in total. The smallest absolute Gasteiger partial charge is 0.165 e. The van der Waals surface area contributed by atoms with Crippen molar-refractivity contribution in [2.75, 3.05) is 6.54 Å². The first-order valence-corrected chi connectivity index (χ1v) is 3.11. The first-order valence-electron chi connectivity index (χ1n) is 3.11. The van der Waals surface area contributed by atoms with Crippen molar-refractivity contribution in [1.82, 2.24) is 16.1 Å². The van der Waals surface area contributed by atoms with E-state index in [2.05, 4.69) is 27.8 Å². The Labute approximate surface area is 64.4 Å². The van der Waals surface area contributed by atoms with Crippen LogP contribution in [0.2, 0.25) is 0 Å². The van der Waals surface area contributed by atoms with Gasteiger partial charge in [-0.2, -0.15) is 5.43 Å². The van der Waals surface area contributed by atoms with Gasteiger partial charge >= 0.3 is 0 Å². The van der Waals surface area contributed by atoms with Crippen LogP contribution in [0.3, 0.4) is 0 Å². The van der Waals surface area contributed by atoms with Gasteiger partial charge in [0, 0.05) is 6.54 Å². The van der Waals surface area contributed by atoms with Gasteiger partial charge in [-0.1, -0.05) is 6.08 Å². The van der Waals surface area contributed by atoms with Crippen molar-refractivity contribution >= 4 is 0 Å². The van der Waals surface area contributed by atoms with Crippen molar-refractivity contribution < 1.29 is 0 Å². The van der Waals surface area contributed by atoms with Gasteiger partial charge in [-0.05, 0) is 5.22 Å². The van der Waals surface area contributed by atoms with E-state index in [0.29, 0.717) is 12.4 Å². The van der Waals surface area contributed by atoms with E-state index in [0.717, 1.165) is 0 Å². The molecular weight excluding hydrogens is 144 g/mol. The molecule has 0 saturated carbocycles. The van der Waals surface area contributed by atoms with Crippen LogP contribution in [0.15, 0.2) is 35.0 Å². The summed E-state index contributed by atoms with van der Waals surface area (Å²) >= 11 is 0. The second-order valence-electron chi connectivity index (χ2n) is 1.85. The van der Waals surface area contributed by atoms with Crippen molar-refractivity contribution in [3.05, 3.63) is 24.7 Å². The predicted molar refractivity (Wildman–Crippen MR) is 40.3 cm³/mol. The van der Waals surface area contributed by atoms with Gasteiger partial charge in [0.1, 0.15) is 0 Å². The minimum atomic E-state index is 0.349. The summed E-state index contributed by atoms with van der Waals surface area (Å²) in [5.74, 6) is 0.349. The normalized spacial score (nSPS) is 15.6. The molecule has 0 unspecified atom stereocenters. The van der Waals surface area contributed by atoms with E-state index >= 15 is 0 Å². The van der Waals surface area contributed by atoms with E-state index in [-0.39, 0.29) is 0 Å². The highest BCUT2D eigenvalue weighted by molar-refractivity contribution is 4.91. The summed E-state index contributed by atoms with van der Waals surface area (Å²) in [5.41, 5.74) is 10.9. The molecule has 0 amide bonds. The summed E-state index contributed by atoms with van der Waals surface area (Å²) in [6.07, 6.45) is 3.24. The van der Waals surface area contributed by atoms with E-state index in [1.165, 1.54) is 11.4 Å². The number of hydrogen-bond acceptors (Lipinski definition) is 6. The molecule has 0 spiro atoms. The van der Waals surface area contributed by atoms with Crippen LogP contribution < -0.4 is 16.6 Å². The van der Waals surface area contributed by atoms with E-state index in [9.17, 15) is 0 Å². The summed E-state index contributed by atoms with van der Waals surface area (Å²) in [4.78, 5) is 0. The molecule has 0 fully saturated rings. The summed E-state index contributed by atoms with van der Waals surface area (Å²) < 4.78 is 0. The predicted octanol–water partition coefficient (Wildman–Crippen LogP) is -0.378. The summed E-state index contributed by atoms with van der Waals surface area (Å²) in [6.45, 7) is 4.14. The lowest BCUT2D eigenvalue weighted by molar-refractivity contribution is 0.133. The van der Waals surface area contributed by atoms with Crippen LogP contribution in [0.4, 0.5) is 0 Å². The highest BCUT2D eigenvalue weighted by Gasteiger charge is 2.00. The largest absolute Gasteiger partial charge is 0.381 e. The number of nitrogens with zero attached hydrogens (tertiary/aromatic N) is 3. The van der Waals surface area contributed by atoms with Crippen molar-refractivity contribution in [3.63, 3.8) is 0 Å². The van der Waals surface area contributed by atoms with Crippen LogP contribution in [0.1, 0.15) is 0 Å². The maximum atomic E-state index is 5.29. The molecule has 60 valence electrons. The van der Waals surface area contributed by atoms with Crippen LogP contribution >= 0.6 is 0 Å².